The van der Waals surface area contributed by atoms with Crippen LogP contribution in [0, 0.1) is 0 Å². The van der Waals surface area contributed by atoms with Crippen LogP contribution in [0.4, 0.5) is 0 Å². The highest BCUT2D eigenvalue weighted by molar-refractivity contribution is 5.97. The second kappa shape index (κ2) is 6.02. The topological polar surface area (TPSA) is 52.6 Å². The van der Waals surface area contributed by atoms with Gasteiger partial charge in [-0.25, -0.2) is 9.59 Å². The molecule has 0 atom stereocenters. The van der Waals surface area contributed by atoms with Crippen LogP contribution in [0.5, 0.6) is 0 Å². The van der Waals surface area contributed by atoms with Crippen molar-refractivity contribution in [1.82, 2.24) is 0 Å². The Kier molecular flexibility index (Phi) is 4.15. The van der Waals surface area contributed by atoms with Crippen LogP contribution in [0.1, 0.15) is 20.7 Å². The zero-order chi connectivity index (χ0) is 14.5. The predicted molar refractivity (Wildman–Crippen MR) is 74.6 cm³/mol. The molecular weight excluding hydrogens is 256 g/mol. The highest BCUT2D eigenvalue weighted by Gasteiger charge is 2.13. The fourth-order valence-corrected chi connectivity index (χ4v) is 1.93. The Balaban J connectivity index is 2.42. The van der Waals surface area contributed by atoms with Crippen molar-refractivity contribution < 1.29 is 19.1 Å². The Bertz CT molecular complexity index is 629. The Morgan fingerprint density at radius 3 is 2.00 bits per heavy atom. The number of carbonyl (C=O) groups excluding carboxylic acids is 2. The van der Waals surface area contributed by atoms with E-state index in [1.165, 1.54) is 14.2 Å². The fourth-order valence-electron chi connectivity index (χ4n) is 1.93. The fraction of sp³-hybridized carbons (Fsp3) is 0.125. The largest absolute Gasteiger partial charge is 0.465 e. The van der Waals surface area contributed by atoms with Crippen molar-refractivity contribution >= 4 is 11.9 Å². The molecule has 4 nitrogen and oxygen atoms in total. The minimum absolute atomic E-state index is 0.391. The average molecular weight is 270 g/mol. The van der Waals surface area contributed by atoms with Crippen molar-refractivity contribution in [1.29, 1.82) is 0 Å². The number of ether oxygens (including phenoxy) is 2. The first-order valence-electron chi connectivity index (χ1n) is 6.03. The molecule has 0 radical (unpaired) electrons. The highest BCUT2D eigenvalue weighted by Crippen LogP contribution is 2.24. The summed E-state index contributed by atoms with van der Waals surface area (Å²) in [4.78, 5) is 23.1. The van der Waals surface area contributed by atoms with E-state index in [0.717, 1.165) is 11.1 Å². The zero-order valence-corrected chi connectivity index (χ0v) is 11.3. The monoisotopic (exact) mass is 270 g/mol. The normalized spacial score (nSPS) is 9.90. The predicted octanol–water partition coefficient (Wildman–Crippen LogP) is 2.93. The first-order chi connectivity index (χ1) is 9.67. The molecule has 0 aliphatic rings. The molecule has 4 heteroatoms. The molecule has 0 spiro atoms. The number of rotatable bonds is 3. The molecule has 0 unspecified atom stereocenters. The van der Waals surface area contributed by atoms with Gasteiger partial charge in [0.1, 0.15) is 0 Å². The molecule has 0 aliphatic carbocycles. The summed E-state index contributed by atoms with van der Waals surface area (Å²) >= 11 is 0. The van der Waals surface area contributed by atoms with Crippen LogP contribution in [-0.4, -0.2) is 26.2 Å². The van der Waals surface area contributed by atoms with Crippen LogP contribution < -0.4 is 0 Å². The summed E-state index contributed by atoms with van der Waals surface area (Å²) in [7, 11) is 2.68. The van der Waals surface area contributed by atoms with Gasteiger partial charge in [-0.1, -0.05) is 30.3 Å². The summed E-state index contributed by atoms with van der Waals surface area (Å²) in [6, 6.07) is 14.0. The van der Waals surface area contributed by atoms with Gasteiger partial charge in [0.15, 0.2) is 0 Å². The Labute approximate surface area is 116 Å². The van der Waals surface area contributed by atoms with Gasteiger partial charge in [0.25, 0.3) is 0 Å². The molecule has 0 saturated carbocycles. The molecule has 20 heavy (non-hydrogen) atoms. The van der Waals surface area contributed by atoms with Gasteiger partial charge in [-0.2, -0.15) is 0 Å². The molecule has 0 heterocycles. The van der Waals surface area contributed by atoms with Crippen molar-refractivity contribution in [3.63, 3.8) is 0 Å². The molecule has 2 aromatic carbocycles. The van der Waals surface area contributed by atoms with Crippen molar-refractivity contribution in [2.24, 2.45) is 0 Å². The number of esters is 2. The number of carbonyl (C=O) groups is 2. The number of hydrogen-bond acceptors (Lipinski definition) is 4. The average Bonchev–Trinajstić information content (AvgIpc) is 2.53. The van der Waals surface area contributed by atoms with Gasteiger partial charge in [0.2, 0.25) is 0 Å². The summed E-state index contributed by atoms with van der Waals surface area (Å²) in [5.74, 6) is -0.782. The van der Waals surface area contributed by atoms with Gasteiger partial charge in [0.05, 0.1) is 25.3 Å². The van der Waals surface area contributed by atoms with Crippen molar-refractivity contribution in [2.45, 2.75) is 0 Å². The van der Waals surface area contributed by atoms with E-state index in [4.69, 9.17) is 4.74 Å². The Hall–Kier alpha value is -2.62. The van der Waals surface area contributed by atoms with Crippen LogP contribution >= 0.6 is 0 Å². The third-order valence-electron chi connectivity index (χ3n) is 2.95. The second-order valence-corrected chi connectivity index (χ2v) is 4.11. The van der Waals surface area contributed by atoms with E-state index in [0.29, 0.717) is 11.1 Å². The molecule has 0 N–H and O–H groups in total. The number of benzene rings is 2. The molecule has 2 aromatic rings. The SMILES string of the molecule is COC(=O)c1ccc(-c2ccccc2C(=O)OC)cc1. The number of methoxy groups -OCH3 is 2. The van der Waals surface area contributed by atoms with E-state index in [1.54, 1.807) is 36.4 Å². The third kappa shape index (κ3) is 2.69. The first-order valence-corrected chi connectivity index (χ1v) is 6.03. The quantitative estimate of drug-likeness (QED) is 0.805. The van der Waals surface area contributed by atoms with Crippen LogP contribution in [0.2, 0.25) is 0 Å². The molecule has 0 aromatic heterocycles. The van der Waals surface area contributed by atoms with Crippen LogP contribution in [0.3, 0.4) is 0 Å². The maximum atomic E-state index is 11.7. The van der Waals surface area contributed by atoms with Gasteiger partial charge in [-0.3, -0.25) is 0 Å². The van der Waals surface area contributed by atoms with E-state index in [9.17, 15) is 9.59 Å². The van der Waals surface area contributed by atoms with E-state index in [1.807, 2.05) is 12.1 Å². The van der Waals surface area contributed by atoms with Crippen LogP contribution in [-0.2, 0) is 9.47 Å². The number of hydrogen-bond donors (Lipinski definition) is 0. The van der Waals surface area contributed by atoms with E-state index >= 15 is 0 Å². The molecule has 0 saturated heterocycles. The Morgan fingerprint density at radius 1 is 0.800 bits per heavy atom. The summed E-state index contributed by atoms with van der Waals surface area (Å²) < 4.78 is 9.41. The standard InChI is InChI=1S/C16H14O4/c1-19-15(17)12-9-7-11(8-10-12)13-5-3-4-6-14(13)16(18)20-2/h3-10H,1-2H3. The summed E-state index contributed by atoms with van der Waals surface area (Å²) in [5.41, 5.74) is 2.54. The molecule has 2 rings (SSSR count). The third-order valence-corrected chi connectivity index (χ3v) is 2.95. The van der Waals surface area contributed by atoms with E-state index < -0.39 is 11.9 Å². The summed E-state index contributed by atoms with van der Waals surface area (Å²) in [6.07, 6.45) is 0. The molecule has 0 aliphatic heterocycles. The maximum Gasteiger partial charge on any atom is 0.338 e. The minimum atomic E-state index is -0.391. The molecule has 0 fully saturated rings. The minimum Gasteiger partial charge on any atom is -0.465 e. The van der Waals surface area contributed by atoms with E-state index in [-0.39, 0.29) is 0 Å². The van der Waals surface area contributed by atoms with Crippen LogP contribution in [0.15, 0.2) is 48.5 Å². The van der Waals surface area contributed by atoms with Crippen molar-refractivity contribution in [3.8, 4) is 11.1 Å². The lowest BCUT2D eigenvalue weighted by Gasteiger charge is -2.08. The van der Waals surface area contributed by atoms with Crippen molar-refractivity contribution in [3.05, 3.63) is 59.7 Å². The Morgan fingerprint density at radius 2 is 1.40 bits per heavy atom. The maximum absolute atomic E-state index is 11.7. The first kappa shape index (κ1) is 13.8. The van der Waals surface area contributed by atoms with Gasteiger partial charge in [0, 0.05) is 0 Å². The summed E-state index contributed by atoms with van der Waals surface area (Å²) in [5, 5.41) is 0. The summed E-state index contributed by atoms with van der Waals surface area (Å²) in [6.45, 7) is 0. The smallest absolute Gasteiger partial charge is 0.338 e. The zero-order valence-electron chi connectivity index (χ0n) is 11.3. The van der Waals surface area contributed by atoms with Gasteiger partial charge in [-0.05, 0) is 29.3 Å². The highest BCUT2D eigenvalue weighted by atomic mass is 16.5. The van der Waals surface area contributed by atoms with Gasteiger partial charge >= 0.3 is 11.9 Å². The van der Waals surface area contributed by atoms with Crippen molar-refractivity contribution in [2.75, 3.05) is 14.2 Å². The molecular formula is C16H14O4. The molecule has 102 valence electrons. The van der Waals surface area contributed by atoms with E-state index in [2.05, 4.69) is 4.74 Å². The lowest BCUT2D eigenvalue weighted by atomic mass is 9.99. The lowest BCUT2D eigenvalue weighted by molar-refractivity contribution is 0.0592. The molecule has 0 bridgehead atoms. The lowest BCUT2D eigenvalue weighted by Crippen LogP contribution is -2.04. The second-order valence-electron chi connectivity index (χ2n) is 4.11. The van der Waals surface area contributed by atoms with Gasteiger partial charge in [-0.15, -0.1) is 0 Å². The van der Waals surface area contributed by atoms with Gasteiger partial charge < -0.3 is 9.47 Å². The van der Waals surface area contributed by atoms with Crippen LogP contribution in [0.25, 0.3) is 11.1 Å². The molecule has 0 amide bonds.